The number of guanidine groups is 1. The molecule has 5 nitrogen and oxygen atoms in total. The van der Waals surface area contributed by atoms with E-state index in [0.717, 1.165) is 51.3 Å². The van der Waals surface area contributed by atoms with Crippen LogP contribution >= 0.6 is 0 Å². The second kappa shape index (κ2) is 13.7. The number of methoxy groups -OCH3 is 1. The topological polar surface area (TPSA) is 53.9 Å². The lowest BCUT2D eigenvalue weighted by Gasteiger charge is -2.21. The largest absolute Gasteiger partial charge is 0.469 e. The summed E-state index contributed by atoms with van der Waals surface area (Å²) >= 11 is 0. The van der Waals surface area contributed by atoms with Crippen molar-refractivity contribution in [1.29, 1.82) is 0 Å². The zero-order valence-corrected chi connectivity index (χ0v) is 14.3. The maximum atomic E-state index is 11.0. The van der Waals surface area contributed by atoms with E-state index in [1.165, 1.54) is 20.0 Å². The van der Waals surface area contributed by atoms with E-state index in [2.05, 4.69) is 40.8 Å². The Kier molecular flexibility index (Phi) is 12.9. The molecule has 0 aliphatic carbocycles. The van der Waals surface area contributed by atoms with E-state index < -0.39 is 0 Å². The summed E-state index contributed by atoms with van der Waals surface area (Å²) in [7, 11) is 3.53. The highest BCUT2D eigenvalue weighted by Gasteiger charge is 2.04. The van der Waals surface area contributed by atoms with Crippen LogP contribution < -0.4 is 5.32 Å². The van der Waals surface area contributed by atoms with Gasteiger partial charge in [-0.05, 0) is 26.2 Å². The molecule has 124 valence electrons. The second-order valence-electron chi connectivity index (χ2n) is 5.25. The molecule has 0 heterocycles. The number of nitrogens with zero attached hydrogens (tertiary/aromatic N) is 2. The van der Waals surface area contributed by atoms with Crippen LogP contribution in [0.15, 0.2) is 4.99 Å². The number of carbonyl (C=O) groups is 1. The number of unbranched alkanes of at least 4 members (excludes halogenated alkanes) is 4. The summed E-state index contributed by atoms with van der Waals surface area (Å²) in [6, 6.07) is 0. The number of rotatable bonds is 11. The third-order valence-electron chi connectivity index (χ3n) is 3.32. The van der Waals surface area contributed by atoms with Crippen molar-refractivity contribution < 1.29 is 9.53 Å². The third kappa shape index (κ3) is 11.1. The van der Waals surface area contributed by atoms with Crippen LogP contribution in [-0.4, -0.2) is 50.6 Å². The molecule has 0 amide bonds. The Bertz CT molecular complexity index is 293. The maximum absolute atomic E-state index is 11.0. The van der Waals surface area contributed by atoms with Gasteiger partial charge in [0.2, 0.25) is 0 Å². The average Bonchev–Trinajstić information content (AvgIpc) is 2.50. The summed E-state index contributed by atoms with van der Waals surface area (Å²) in [6.45, 7) is 7.08. The fourth-order valence-corrected chi connectivity index (χ4v) is 1.99. The number of hydrogen-bond acceptors (Lipinski definition) is 3. The minimum absolute atomic E-state index is 0.111. The van der Waals surface area contributed by atoms with Crippen LogP contribution in [0, 0.1) is 0 Å². The Balaban J connectivity index is 3.85. The highest BCUT2D eigenvalue weighted by molar-refractivity contribution is 5.79. The maximum Gasteiger partial charge on any atom is 0.305 e. The van der Waals surface area contributed by atoms with E-state index in [1.54, 1.807) is 0 Å². The third-order valence-corrected chi connectivity index (χ3v) is 3.32. The van der Waals surface area contributed by atoms with E-state index in [-0.39, 0.29) is 5.97 Å². The fraction of sp³-hybridized carbons (Fsp3) is 0.875. The van der Waals surface area contributed by atoms with Crippen molar-refractivity contribution in [2.75, 3.05) is 33.8 Å². The zero-order valence-electron chi connectivity index (χ0n) is 14.3. The average molecular weight is 299 g/mol. The molecular weight excluding hydrogens is 266 g/mol. The molecule has 1 N–H and O–H groups in total. The van der Waals surface area contributed by atoms with Gasteiger partial charge in [-0.1, -0.05) is 26.2 Å². The van der Waals surface area contributed by atoms with E-state index in [1.807, 2.05) is 0 Å². The summed E-state index contributed by atoms with van der Waals surface area (Å²) in [6.07, 6.45) is 7.07. The van der Waals surface area contributed by atoms with Crippen molar-refractivity contribution in [1.82, 2.24) is 10.2 Å². The lowest BCUT2D eigenvalue weighted by Crippen LogP contribution is -2.39. The minimum atomic E-state index is -0.111. The summed E-state index contributed by atoms with van der Waals surface area (Å²) in [5, 5.41) is 3.33. The molecule has 0 bridgehead atoms. The Morgan fingerprint density at radius 3 is 2.48 bits per heavy atom. The predicted molar refractivity (Wildman–Crippen MR) is 88.6 cm³/mol. The van der Waals surface area contributed by atoms with Crippen LogP contribution in [-0.2, 0) is 9.53 Å². The number of nitrogens with one attached hydrogen (secondary N) is 1. The normalized spacial score (nSPS) is 11.3. The molecule has 0 fully saturated rings. The summed E-state index contributed by atoms with van der Waals surface area (Å²) in [4.78, 5) is 17.8. The number of carbonyl (C=O) groups excluding carboxylic acids is 1. The van der Waals surface area contributed by atoms with Gasteiger partial charge in [0.25, 0.3) is 0 Å². The molecular formula is C16H33N3O2. The minimum Gasteiger partial charge on any atom is -0.469 e. The van der Waals surface area contributed by atoms with Crippen LogP contribution in [0.1, 0.15) is 58.8 Å². The van der Waals surface area contributed by atoms with Crippen molar-refractivity contribution in [3.05, 3.63) is 0 Å². The molecule has 0 rings (SSSR count). The highest BCUT2D eigenvalue weighted by atomic mass is 16.5. The van der Waals surface area contributed by atoms with Crippen molar-refractivity contribution >= 4 is 11.9 Å². The standard InChI is InChI=1S/C16H33N3O2/c1-5-7-14-19(3)16(17-6-2)18-13-11-9-8-10-12-15(20)21-4/h5-14H2,1-4H3,(H,17,18). The van der Waals surface area contributed by atoms with Crippen LogP contribution in [0.2, 0.25) is 0 Å². The van der Waals surface area contributed by atoms with Crippen molar-refractivity contribution in [2.24, 2.45) is 4.99 Å². The first kappa shape index (κ1) is 19.7. The number of ether oxygens (including phenoxy) is 1. The van der Waals surface area contributed by atoms with Gasteiger partial charge in [-0.3, -0.25) is 9.79 Å². The zero-order chi connectivity index (χ0) is 15.9. The highest BCUT2D eigenvalue weighted by Crippen LogP contribution is 2.04. The van der Waals surface area contributed by atoms with Crippen molar-refractivity contribution in [3.63, 3.8) is 0 Å². The van der Waals surface area contributed by atoms with Crippen molar-refractivity contribution in [3.8, 4) is 0 Å². The summed E-state index contributed by atoms with van der Waals surface area (Å²) < 4.78 is 4.62. The van der Waals surface area contributed by atoms with Gasteiger partial charge in [0.15, 0.2) is 5.96 Å². The van der Waals surface area contributed by atoms with Crippen LogP contribution in [0.4, 0.5) is 0 Å². The van der Waals surface area contributed by atoms with E-state index >= 15 is 0 Å². The van der Waals surface area contributed by atoms with Gasteiger partial charge in [0.1, 0.15) is 0 Å². The molecule has 0 saturated heterocycles. The molecule has 0 unspecified atom stereocenters. The van der Waals surface area contributed by atoms with Crippen LogP contribution in [0.5, 0.6) is 0 Å². The number of hydrogen-bond donors (Lipinski definition) is 1. The first-order valence-corrected chi connectivity index (χ1v) is 8.21. The van der Waals surface area contributed by atoms with Crippen molar-refractivity contribution in [2.45, 2.75) is 58.8 Å². The summed E-state index contributed by atoms with van der Waals surface area (Å²) in [5.74, 6) is 0.889. The molecule has 0 spiro atoms. The van der Waals surface area contributed by atoms with Crippen LogP contribution in [0.25, 0.3) is 0 Å². The Hall–Kier alpha value is -1.26. The number of esters is 1. The Morgan fingerprint density at radius 1 is 1.14 bits per heavy atom. The molecule has 0 aliphatic heterocycles. The van der Waals surface area contributed by atoms with Gasteiger partial charge in [-0.25, -0.2) is 0 Å². The molecule has 0 aromatic carbocycles. The molecule has 5 heteroatoms. The fourth-order valence-electron chi connectivity index (χ4n) is 1.99. The van der Waals surface area contributed by atoms with Gasteiger partial charge in [-0.15, -0.1) is 0 Å². The number of aliphatic imine (C=N–C) groups is 1. The summed E-state index contributed by atoms with van der Waals surface area (Å²) in [5.41, 5.74) is 0. The molecule has 0 aromatic heterocycles. The van der Waals surface area contributed by atoms with Gasteiger partial charge in [0, 0.05) is 33.1 Å². The molecule has 0 aliphatic rings. The molecule has 0 saturated carbocycles. The van der Waals surface area contributed by atoms with E-state index in [9.17, 15) is 4.79 Å². The van der Waals surface area contributed by atoms with E-state index in [4.69, 9.17) is 0 Å². The SMILES string of the molecule is CCCCN(C)C(=NCCCCCCC(=O)OC)NCC. The van der Waals surface area contributed by atoms with Gasteiger partial charge >= 0.3 is 5.97 Å². The molecule has 0 atom stereocenters. The monoisotopic (exact) mass is 299 g/mol. The van der Waals surface area contributed by atoms with Gasteiger partial charge in [-0.2, -0.15) is 0 Å². The molecule has 21 heavy (non-hydrogen) atoms. The first-order chi connectivity index (χ1) is 10.2. The van der Waals surface area contributed by atoms with Gasteiger partial charge in [0.05, 0.1) is 7.11 Å². The first-order valence-electron chi connectivity index (χ1n) is 8.21. The quantitative estimate of drug-likeness (QED) is 0.276. The van der Waals surface area contributed by atoms with Gasteiger partial charge < -0.3 is 15.0 Å². The molecule has 0 radical (unpaired) electrons. The smallest absolute Gasteiger partial charge is 0.305 e. The Morgan fingerprint density at radius 2 is 1.86 bits per heavy atom. The van der Waals surface area contributed by atoms with Crippen LogP contribution in [0.3, 0.4) is 0 Å². The Labute approximate surface area is 130 Å². The molecule has 0 aromatic rings. The second-order valence-corrected chi connectivity index (χ2v) is 5.25. The lowest BCUT2D eigenvalue weighted by molar-refractivity contribution is -0.140. The lowest BCUT2D eigenvalue weighted by atomic mass is 10.1. The predicted octanol–water partition coefficient (Wildman–Crippen LogP) is 2.81. The van der Waals surface area contributed by atoms with E-state index in [0.29, 0.717) is 6.42 Å².